The SMILES string of the molecule is CC(=O)N(C)C(=S)Nc1ccccc1. The molecule has 14 heavy (non-hydrogen) atoms. The molecule has 0 aliphatic carbocycles. The molecule has 1 aromatic rings. The summed E-state index contributed by atoms with van der Waals surface area (Å²) >= 11 is 5.03. The van der Waals surface area contributed by atoms with Crippen molar-refractivity contribution in [2.24, 2.45) is 0 Å². The number of amides is 1. The lowest BCUT2D eigenvalue weighted by Gasteiger charge is -2.17. The number of hydrogen-bond donors (Lipinski definition) is 1. The predicted molar refractivity (Wildman–Crippen MR) is 61.1 cm³/mol. The van der Waals surface area contributed by atoms with E-state index in [1.54, 1.807) is 7.05 Å². The van der Waals surface area contributed by atoms with Crippen molar-refractivity contribution in [3.8, 4) is 0 Å². The van der Waals surface area contributed by atoms with Crippen LogP contribution in [0.25, 0.3) is 0 Å². The third-order valence-electron chi connectivity index (χ3n) is 1.80. The van der Waals surface area contributed by atoms with Crippen molar-refractivity contribution in [1.29, 1.82) is 0 Å². The van der Waals surface area contributed by atoms with Crippen molar-refractivity contribution in [1.82, 2.24) is 4.90 Å². The first kappa shape index (κ1) is 10.7. The van der Waals surface area contributed by atoms with Crippen LogP contribution in [0.1, 0.15) is 6.92 Å². The second-order valence-electron chi connectivity index (χ2n) is 2.87. The maximum atomic E-state index is 11.0. The van der Waals surface area contributed by atoms with Crippen LogP contribution in [0.15, 0.2) is 30.3 Å². The summed E-state index contributed by atoms with van der Waals surface area (Å²) in [6.07, 6.45) is 0. The summed E-state index contributed by atoms with van der Waals surface area (Å²) in [6, 6.07) is 9.50. The number of para-hydroxylation sites is 1. The minimum Gasteiger partial charge on any atom is -0.332 e. The van der Waals surface area contributed by atoms with Crippen LogP contribution in [-0.4, -0.2) is 23.0 Å². The van der Waals surface area contributed by atoms with Gasteiger partial charge in [0.1, 0.15) is 0 Å². The van der Waals surface area contributed by atoms with E-state index < -0.39 is 0 Å². The molecule has 1 rings (SSSR count). The van der Waals surface area contributed by atoms with Crippen molar-refractivity contribution in [2.45, 2.75) is 6.92 Å². The molecule has 0 saturated carbocycles. The lowest BCUT2D eigenvalue weighted by molar-refractivity contribution is -0.124. The third-order valence-corrected chi connectivity index (χ3v) is 2.18. The lowest BCUT2D eigenvalue weighted by atomic mass is 10.3. The zero-order valence-electron chi connectivity index (χ0n) is 8.15. The molecule has 0 aromatic heterocycles. The Bertz CT molecular complexity index is 337. The van der Waals surface area contributed by atoms with Gasteiger partial charge in [-0.05, 0) is 24.4 Å². The lowest BCUT2D eigenvalue weighted by Crippen LogP contribution is -2.34. The summed E-state index contributed by atoms with van der Waals surface area (Å²) in [4.78, 5) is 12.4. The van der Waals surface area contributed by atoms with Crippen LogP contribution < -0.4 is 5.32 Å². The molecule has 0 bridgehead atoms. The van der Waals surface area contributed by atoms with Gasteiger partial charge in [-0.2, -0.15) is 0 Å². The van der Waals surface area contributed by atoms with Crippen molar-refractivity contribution in [3.63, 3.8) is 0 Å². The number of benzene rings is 1. The van der Waals surface area contributed by atoms with Gasteiger partial charge in [0.15, 0.2) is 5.11 Å². The smallest absolute Gasteiger partial charge is 0.225 e. The van der Waals surface area contributed by atoms with Gasteiger partial charge in [-0.15, -0.1) is 0 Å². The van der Waals surface area contributed by atoms with Crippen LogP contribution in [0.2, 0.25) is 0 Å². The molecule has 4 heteroatoms. The molecular weight excluding hydrogens is 196 g/mol. The Morgan fingerprint density at radius 3 is 2.43 bits per heavy atom. The average molecular weight is 208 g/mol. The molecule has 0 atom stereocenters. The molecule has 0 heterocycles. The van der Waals surface area contributed by atoms with Gasteiger partial charge < -0.3 is 5.32 Å². The fourth-order valence-corrected chi connectivity index (χ4v) is 1.12. The van der Waals surface area contributed by atoms with Gasteiger partial charge in [0.2, 0.25) is 5.91 Å². The van der Waals surface area contributed by atoms with E-state index >= 15 is 0 Å². The number of nitrogens with one attached hydrogen (secondary N) is 1. The van der Waals surface area contributed by atoms with Crippen LogP contribution in [0.5, 0.6) is 0 Å². The standard InChI is InChI=1S/C10H12N2OS/c1-8(13)12(2)10(14)11-9-6-4-3-5-7-9/h3-7H,1-2H3,(H,11,14). The summed E-state index contributed by atoms with van der Waals surface area (Å²) in [5, 5.41) is 3.37. The molecule has 74 valence electrons. The summed E-state index contributed by atoms with van der Waals surface area (Å²) in [5.74, 6) is -0.0848. The number of hydrogen-bond acceptors (Lipinski definition) is 2. The van der Waals surface area contributed by atoms with Gasteiger partial charge in [0.25, 0.3) is 0 Å². The van der Waals surface area contributed by atoms with Gasteiger partial charge in [0, 0.05) is 19.7 Å². The molecule has 0 saturated heterocycles. The maximum absolute atomic E-state index is 11.0. The molecule has 0 aliphatic rings. The number of rotatable bonds is 1. The second kappa shape index (κ2) is 4.72. The fraction of sp³-hybridized carbons (Fsp3) is 0.200. The highest BCUT2D eigenvalue weighted by molar-refractivity contribution is 7.80. The zero-order chi connectivity index (χ0) is 10.6. The van der Waals surface area contributed by atoms with Gasteiger partial charge >= 0.3 is 0 Å². The molecule has 0 unspecified atom stereocenters. The molecule has 1 amide bonds. The van der Waals surface area contributed by atoms with Crippen LogP contribution >= 0.6 is 12.2 Å². The highest BCUT2D eigenvalue weighted by Crippen LogP contribution is 2.05. The van der Waals surface area contributed by atoms with Crippen LogP contribution in [0.3, 0.4) is 0 Å². The zero-order valence-corrected chi connectivity index (χ0v) is 8.97. The van der Waals surface area contributed by atoms with Gasteiger partial charge in [-0.1, -0.05) is 18.2 Å². The van der Waals surface area contributed by atoms with Crippen LogP contribution in [0.4, 0.5) is 5.69 Å². The van der Waals surface area contributed by atoms with Crippen LogP contribution in [-0.2, 0) is 4.79 Å². The summed E-state index contributed by atoms with van der Waals surface area (Å²) in [7, 11) is 1.64. The van der Waals surface area contributed by atoms with Crippen molar-refractivity contribution < 1.29 is 4.79 Å². The summed E-state index contributed by atoms with van der Waals surface area (Å²) in [5.41, 5.74) is 0.880. The molecule has 0 spiro atoms. The van der Waals surface area contributed by atoms with Gasteiger partial charge in [0.05, 0.1) is 0 Å². The van der Waals surface area contributed by atoms with Crippen molar-refractivity contribution >= 4 is 28.9 Å². The average Bonchev–Trinajstić information content (AvgIpc) is 2.18. The maximum Gasteiger partial charge on any atom is 0.225 e. The first-order valence-corrected chi connectivity index (χ1v) is 4.62. The number of carbonyl (C=O) groups is 1. The van der Waals surface area contributed by atoms with E-state index in [2.05, 4.69) is 5.32 Å². The summed E-state index contributed by atoms with van der Waals surface area (Å²) < 4.78 is 0. The molecular formula is C10H12N2OS. The Balaban J connectivity index is 2.62. The minimum atomic E-state index is -0.0848. The largest absolute Gasteiger partial charge is 0.332 e. The molecule has 0 fully saturated rings. The van der Waals surface area contributed by atoms with Crippen LogP contribution in [0, 0.1) is 0 Å². The normalized spacial score (nSPS) is 9.29. The molecule has 1 N–H and O–H groups in total. The van der Waals surface area contributed by atoms with E-state index in [-0.39, 0.29) is 5.91 Å². The first-order chi connectivity index (χ1) is 6.61. The van der Waals surface area contributed by atoms with Crippen molar-refractivity contribution in [2.75, 3.05) is 12.4 Å². The first-order valence-electron chi connectivity index (χ1n) is 4.21. The Kier molecular flexibility index (Phi) is 3.59. The Hall–Kier alpha value is -1.42. The minimum absolute atomic E-state index is 0.0848. The van der Waals surface area contributed by atoms with E-state index in [4.69, 9.17) is 12.2 Å². The van der Waals surface area contributed by atoms with E-state index in [0.717, 1.165) is 5.69 Å². The molecule has 3 nitrogen and oxygen atoms in total. The number of carbonyl (C=O) groups excluding carboxylic acids is 1. The number of anilines is 1. The number of thiocarbonyl (C=S) groups is 1. The van der Waals surface area contributed by atoms with E-state index in [0.29, 0.717) is 5.11 Å². The predicted octanol–water partition coefficient (Wildman–Crippen LogP) is 1.86. The van der Waals surface area contributed by atoms with E-state index in [1.807, 2.05) is 30.3 Å². The highest BCUT2D eigenvalue weighted by atomic mass is 32.1. The third kappa shape index (κ3) is 2.81. The Morgan fingerprint density at radius 2 is 1.93 bits per heavy atom. The molecule has 0 radical (unpaired) electrons. The Labute approximate surface area is 88.7 Å². The van der Waals surface area contributed by atoms with E-state index in [9.17, 15) is 4.79 Å². The van der Waals surface area contributed by atoms with E-state index in [1.165, 1.54) is 11.8 Å². The Morgan fingerprint density at radius 1 is 1.36 bits per heavy atom. The molecule has 1 aromatic carbocycles. The fourth-order valence-electron chi connectivity index (χ4n) is 0.872. The van der Waals surface area contributed by atoms with Crippen molar-refractivity contribution in [3.05, 3.63) is 30.3 Å². The van der Waals surface area contributed by atoms with Gasteiger partial charge in [-0.25, -0.2) is 0 Å². The molecule has 0 aliphatic heterocycles. The highest BCUT2D eigenvalue weighted by Gasteiger charge is 2.07. The number of nitrogens with zero attached hydrogens (tertiary/aromatic N) is 1. The second-order valence-corrected chi connectivity index (χ2v) is 3.26. The van der Waals surface area contributed by atoms with Gasteiger partial charge in [-0.3, -0.25) is 9.69 Å². The monoisotopic (exact) mass is 208 g/mol. The topological polar surface area (TPSA) is 32.3 Å². The summed E-state index contributed by atoms with van der Waals surface area (Å²) in [6.45, 7) is 1.47. The quantitative estimate of drug-likeness (QED) is 0.715.